The van der Waals surface area contributed by atoms with Gasteiger partial charge in [0.1, 0.15) is 5.75 Å². The molecule has 0 bridgehead atoms. The molecule has 1 unspecified atom stereocenters. The Hall–Kier alpha value is -1.10. The van der Waals surface area contributed by atoms with E-state index in [9.17, 15) is 5.11 Å². The molecule has 4 heteroatoms. The molecule has 1 rings (SSSR count). The predicted octanol–water partition coefficient (Wildman–Crippen LogP) is 4.73. The van der Waals surface area contributed by atoms with Crippen LogP contribution < -0.4 is 0 Å². The third-order valence-electron chi connectivity index (χ3n) is 3.51. The number of ether oxygens (including phenoxy) is 3. The molecular formula is C19H32O4. The first-order valence-electron chi connectivity index (χ1n) is 8.75. The number of hydrogen-bond acceptors (Lipinski definition) is 4. The fourth-order valence-electron chi connectivity index (χ4n) is 2.34. The lowest BCUT2D eigenvalue weighted by Gasteiger charge is -2.19. The Morgan fingerprint density at radius 1 is 0.913 bits per heavy atom. The predicted molar refractivity (Wildman–Crippen MR) is 92.7 cm³/mol. The van der Waals surface area contributed by atoms with E-state index in [0.717, 1.165) is 42.6 Å². The largest absolute Gasteiger partial charge is 0.507 e. The fraction of sp³-hybridized carbons (Fsp3) is 0.684. The highest BCUT2D eigenvalue weighted by atomic mass is 16.5. The van der Waals surface area contributed by atoms with E-state index in [1.165, 1.54) is 0 Å². The molecule has 4 nitrogen and oxygen atoms in total. The maximum absolute atomic E-state index is 10.6. The molecule has 132 valence electrons. The molecule has 0 saturated carbocycles. The standard InChI is InChI=1S/C19H32O4/c1-5-8-21-13-16-11-17(14-22-9-6-2)19(20)18(12-16)15(4)23-10-7-3/h11-12,15,20H,5-10,13-14H2,1-4H3. The average molecular weight is 324 g/mol. The highest BCUT2D eigenvalue weighted by Gasteiger charge is 2.16. The van der Waals surface area contributed by atoms with Crippen LogP contribution in [-0.4, -0.2) is 24.9 Å². The lowest BCUT2D eigenvalue weighted by molar-refractivity contribution is 0.0636. The molecule has 0 amide bonds. The van der Waals surface area contributed by atoms with Gasteiger partial charge in [-0.1, -0.05) is 20.8 Å². The summed E-state index contributed by atoms with van der Waals surface area (Å²) in [5.41, 5.74) is 2.66. The molecule has 1 aromatic carbocycles. The number of aromatic hydroxyl groups is 1. The summed E-state index contributed by atoms with van der Waals surface area (Å²) in [6, 6.07) is 3.95. The Labute approximate surface area is 140 Å². The molecular weight excluding hydrogens is 292 g/mol. The minimum atomic E-state index is -0.147. The van der Waals surface area contributed by atoms with Crippen LogP contribution >= 0.6 is 0 Å². The van der Waals surface area contributed by atoms with Crippen LogP contribution in [0, 0.1) is 0 Å². The van der Waals surface area contributed by atoms with Crippen molar-refractivity contribution in [3.63, 3.8) is 0 Å². The van der Waals surface area contributed by atoms with Gasteiger partial charge in [0.15, 0.2) is 0 Å². The molecule has 0 aliphatic rings. The first-order chi connectivity index (χ1) is 11.1. The van der Waals surface area contributed by atoms with E-state index in [-0.39, 0.29) is 11.9 Å². The van der Waals surface area contributed by atoms with Crippen LogP contribution in [0.2, 0.25) is 0 Å². The first kappa shape index (κ1) is 19.9. The lowest BCUT2D eigenvalue weighted by atomic mass is 10.0. The zero-order valence-corrected chi connectivity index (χ0v) is 15.1. The van der Waals surface area contributed by atoms with Gasteiger partial charge in [-0.2, -0.15) is 0 Å². The maximum Gasteiger partial charge on any atom is 0.126 e. The summed E-state index contributed by atoms with van der Waals surface area (Å²) >= 11 is 0. The molecule has 0 spiro atoms. The van der Waals surface area contributed by atoms with Gasteiger partial charge in [-0.05, 0) is 43.9 Å². The number of benzene rings is 1. The molecule has 1 atom stereocenters. The summed E-state index contributed by atoms with van der Waals surface area (Å²) < 4.78 is 17.0. The highest BCUT2D eigenvalue weighted by Crippen LogP contribution is 2.32. The van der Waals surface area contributed by atoms with E-state index in [4.69, 9.17) is 14.2 Å². The fourth-order valence-corrected chi connectivity index (χ4v) is 2.34. The van der Waals surface area contributed by atoms with Crippen LogP contribution in [0.1, 0.15) is 69.8 Å². The molecule has 1 aromatic rings. The van der Waals surface area contributed by atoms with Crippen molar-refractivity contribution in [2.75, 3.05) is 19.8 Å². The maximum atomic E-state index is 10.6. The van der Waals surface area contributed by atoms with Crippen molar-refractivity contribution in [1.82, 2.24) is 0 Å². The summed E-state index contributed by atoms with van der Waals surface area (Å²) in [4.78, 5) is 0. The second-order valence-electron chi connectivity index (χ2n) is 5.81. The van der Waals surface area contributed by atoms with Crippen LogP contribution in [0.25, 0.3) is 0 Å². The second kappa shape index (κ2) is 11.4. The van der Waals surface area contributed by atoms with Crippen LogP contribution in [0.15, 0.2) is 12.1 Å². The van der Waals surface area contributed by atoms with Crippen molar-refractivity contribution in [1.29, 1.82) is 0 Å². The van der Waals surface area contributed by atoms with E-state index in [2.05, 4.69) is 20.8 Å². The quantitative estimate of drug-likeness (QED) is 0.565. The monoisotopic (exact) mass is 324 g/mol. The lowest BCUT2D eigenvalue weighted by Crippen LogP contribution is -2.06. The number of hydrogen-bond donors (Lipinski definition) is 1. The molecule has 0 saturated heterocycles. The van der Waals surface area contributed by atoms with E-state index in [0.29, 0.717) is 26.4 Å². The minimum absolute atomic E-state index is 0.147. The van der Waals surface area contributed by atoms with Crippen molar-refractivity contribution in [2.45, 2.75) is 66.3 Å². The second-order valence-corrected chi connectivity index (χ2v) is 5.81. The molecule has 23 heavy (non-hydrogen) atoms. The van der Waals surface area contributed by atoms with E-state index in [1.807, 2.05) is 19.1 Å². The average Bonchev–Trinajstić information content (AvgIpc) is 2.55. The van der Waals surface area contributed by atoms with Crippen LogP contribution in [0.4, 0.5) is 0 Å². The minimum Gasteiger partial charge on any atom is -0.507 e. The molecule has 0 radical (unpaired) electrons. The third-order valence-corrected chi connectivity index (χ3v) is 3.51. The van der Waals surface area contributed by atoms with E-state index >= 15 is 0 Å². The summed E-state index contributed by atoms with van der Waals surface area (Å²) in [6.45, 7) is 11.3. The van der Waals surface area contributed by atoms with Gasteiger partial charge in [0, 0.05) is 30.9 Å². The van der Waals surface area contributed by atoms with Gasteiger partial charge >= 0.3 is 0 Å². The summed E-state index contributed by atoms with van der Waals surface area (Å²) in [5, 5.41) is 10.6. The summed E-state index contributed by atoms with van der Waals surface area (Å²) in [7, 11) is 0. The first-order valence-corrected chi connectivity index (χ1v) is 8.75. The van der Waals surface area contributed by atoms with Crippen LogP contribution in [0.3, 0.4) is 0 Å². The van der Waals surface area contributed by atoms with Gasteiger partial charge in [-0.15, -0.1) is 0 Å². The Balaban J connectivity index is 2.94. The van der Waals surface area contributed by atoms with Gasteiger partial charge in [-0.25, -0.2) is 0 Å². The molecule has 0 heterocycles. The van der Waals surface area contributed by atoms with E-state index in [1.54, 1.807) is 0 Å². The molecule has 0 aliphatic carbocycles. The number of phenols is 1. The third kappa shape index (κ3) is 6.90. The molecule has 0 aliphatic heterocycles. The van der Waals surface area contributed by atoms with Gasteiger partial charge in [0.05, 0.1) is 19.3 Å². The summed E-state index contributed by atoms with van der Waals surface area (Å²) in [5.74, 6) is 0.281. The van der Waals surface area contributed by atoms with Crippen molar-refractivity contribution in [2.24, 2.45) is 0 Å². The Bertz CT molecular complexity index is 445. The molecule has 0 aromatic heterocycles. The summed E-state index contributed by atoms with van der Waals surface area (Å²) in [6.07, 6.45) is 2.76. The van der Waals surface area contributed by atoms with Crippen molar-refractivity contribution < 1.29 is 19.3 Å². The van der Waals surface area contributed by atoms with Gasteiger partial charge < -0.3 is 19.3 Å². The zero-order chi connectivity index (χ0) is 17.1. The van der Waals surface area contributed by atoms with Gasteiger partial charge in [0.2, 0.25) is 0 Å². The zero-order valence-electron chi connectivity index (χ0n) is 15.1. The highest BCUT2D eigenvalue weighted by molar-refractivity contribution is 5.44. The van der Waals surface area contributed by atoms with Crippen molar-refractivity contribution in [3.05, 3.63) is 28.8 Å². The molecule has 0 fully saturated rings. The number of phenolic OH excluding ortho intramolecular Hbond substituents is 1. The van der Waals surface area contributed by atoms with Gasteiger partial charge in [0.25, 0.3) is 0 Å². The Morgan fingerprint density at radius 2 is 1.52 bits per heavy atom. The van der Waals surface area contributed by atoms with Crippen molar-refractivity contribution in [3.8, 4) is 5.75 Å². The Kier molecular flexibility index (Phi) is 9.92. The Morgan fingerprint density at radius 3 is 2.13 bits per heavy atom. The van der Waals surface area contributed by atoms with Crippen molar-refractivity contribution >= 4 is 0 Å². The normalized spacial score (nSPS) is 12.5. The number of rotatable bonds is 12. The molecule has 1 N–H and O–H groups in total. The van der Waals surface area contributed by atoms with Crippen LogP contribution in [0.5, 0.6) is 5.75 Å². The van der Waals surface area contributed by atoms with Crippen LogP contribution in [-0.2, 0) is 27.4 Å². The van der Waals surface area contributed by atoms with E-state index < -0.39 is 0 Å². The SMILES string of the molecule is CCCOCc1cc(COCCC)c(O)c(C(C)OCCC)c1. The van der Waals surface area contributed by atoms with Gasteiger partial charge in [-0.3, -0.25) is 0 Å². The topological polar surface area (TPSA) is 47.9 Å². The smallest absolute Gasteiger partial charge is 0.126 e.